The van der Waals surface area contributed by atoms with E-state index in [9.17, 15) is 0 Å². The van der Waals surface area contributed by atoms with Crippen LogP contribution in [-0.2, 0) is 6.42 Å². The number of nitrogens with one attached hydrogen (secondary N) is 1. The average Bonchev–Trinajstić information content (AvgIpc) is 2.39. The molecule has 2 aromatic heterocycles. The predicted molar refractivity (Wildman–Crippen MR) is 74.9 cm³/mol. The first kappa shape index (κ1) is 13.5. The van der Waals surface area contributed by atoms with Gasteiger partial charge in [-0.25, -0.2) is 4.98 Å². The summed E-state index contributed by atoms with van der Waals surface area (Å²) < 4.78 is 5.65. The number of rotatable bonds is 5. The number of aromatic nitrogens is 3. The topological polar surface area (TPSA) is 59.9 Å². The Morgan fingerprint density at radius 3 is 2.74 bits per heavy atom. The van der Waals surface area contributed by atoms with E-state index < -0.39 is 0 Å². The van der Waals surface area contributed by atoms with Gasteiger partial charge in [0, 0.05) is 31.3 Å². The van der Waals surface area contributed by atoms with Crippen molar-refractivity contribution in [1.29, 1.82) is 0 Å². The molecular formula is C13H15ClN4O. The Morgan fingerprint density at radius 2 is 2.05 bits per heavy atom. The van der Waals surface area contributed by atoms with Gasteiger partial charge < -0.3 is 10.1 Å². The average molecular weight is 279 g/mol. The first-order valence-corrected chi connectivity index (χ1v) is 6.49. The van der Waals surface area contributed by atoms with Gasteiger partial charge in [-0.1, -0.05) is 18.5 Å². The van der Waals surface area contributed by atoms with Crippen molar-refractivity contribution >= 4 is 17.4 Å². The molecule has 0 aliphatic heterocycles. The summed E-state index contributed by atoms with van der Waals surface area (Å²) in [6.07, 6.45) is 3.88. The third-order valence-electron chi connectivity index (χ3n) is 2.33. The zero-order valence-electron chi connectivity index (χ0n) is 10.9. The van der Waals surface area contributed by atoms with Crippen LogP contribution >= 0.6 is 11.6 Å². The van der Waals surface area contributed by atoms with E-state index in [0.29, 0.717) is 16.7 Å². The Labute approximate surface area is 117 Å². The molecule has 2 heterocycles. The second kappa shape index (κ2) is 6.33. The lowest BCUT2D eigenvalue weighted by molar-refractivity contribution is 0.457. The lowest BCUT2D eigenvalue weighted by Crippen LogP contribution is -2.04. The number of aryl methyl sites for hydroxylation is 1. The Hall–Kier alpha value is -1.88. The van der Waals surface area contributed by atoms with E-state index in [2.05, 4.69) is 20.3 Å². The van der Waals surface area contributed by atoms with E-state index in [1.165, 1.54) is 0 Å². The molecule has 0 fully saturated rings. The van der Waals surface area contributed by atoms with Crippen LogP contribution in [0, 0.1) is 0 Å². The molecule has 0 saturated heterocycles. The summed E-state index contributed by atoms with van der Waals surface area (Å²) in [5.41, 5.74) is 0. The second-order valence-corrected chi connectivity index (χ2v) is 4.27. The lowest BCUT2D eigenvalue weighted by atomic mass is 10.4. The maximum Gasteiger partial charge on any atom is 0.224 e. The van der Waals surface area contributed by atoms with Gasteiger partial charge >= 0.3 is 0 Å². The molecule has 19 heavy (non-hydrogen) atoms. The maximum absolute atomic E-state index is 5.86. The van der Waals surface area contributed by atoms with E-state index in [1.807, 2.05) is 13.8 Å². The van der Waals surface area contributed by atoms with Gasteiger partial charge in [0.1, 0.15) is 17.4 Å². The van der Waals surface area contributed by atoms with Crippen molar-refractivity contribution in [2.45, 2.75) is 20.3 Å². The smallest absolute Gasteiger partial charge is 0.224 e. The van der Waals surface area contributed by atoms with Gasteiger partial charge in [0.25, 0.3) is 0 Å². The Morgan fingerprint density at radius 1 is 1.21 bits per heavy atom. The first-order chi connectivity index (χ1) is 9.21. The number of halogens is 1. The third kappa shape index (κ3) is 3.79. The summed E-state index contributed by atoms with van der Waals surface area (Å²) in [6, 6.07) is 3.44. The van der Waals surface area contributed by atoms with Crippen LogP contribution in [0.2, 0.25) is 5.02 Å². The van der Waals surface area contributed by atoms with Gasteiger partial charge in [-0.15, -0.1) is 0 Å². The standard InChI is InChI=1S/C13H15ClN4O/c1-3-11-17-12(16-4-2)6-13(18-11)19-10-5-9(14)7-15-8-10/h5-8H,3-4H2,1-2H3,(H,16,17,18). The largest absolute Gasteiger partial charge is 0.437 e. The number of pyridine rings is 1. The number of anilines is 1. The monoisotopic (exact) mass is 278 g/mol. The molecule has 0 saturated carbocycles. The van der Waals surface area contributed by atoms with Crippen LogP contribution in [0.5, 0.6) is 11.6 Å². The van der Waals surface area contributed by atoms with Crippen LogP contribution in [0.1, 0.15) is 19.7 Å². The Bertz CT molecular complexity index is 562. The van der Waals surface area contributed by atoms with E-state index >= 15 is 0 Å². The van der Waals surface area contributed by atoms with E-state index in [4.69, 9.17) is 16.3 Å². The molecule has 100 valence electrons. The van der Waals surface area contributed by atoms with Crippen LogP contribution in [0.3, 0.4) is 0 Å². The van der Waals surface area contributed by atoms with Gasteiger partial charge in [0.05, 0.1) is 11.2 Å². The lowest BCUT2D eigenvalue weighted by Gasteiger charge is -2.09. The maximum atomic E-state index is 5.86. The highest BCUT2D eigenvalue weighted by molar-refractivity contribution is 6.30. The molecule has 2 rings (SSSR count). The molecule has 0 radical (unpaired) electrons. The highest BCUT2D eigenvalue weighted by atomic mass is 35.5. The van der Waals surface area contributed by atoms with Gasteiger partial charge in [-0.05, 0) is 6.92 Å². The molecular weight excluding hydrogens is 264 g/mol. The van der Waals surface area contributed by atoms with Crippen molar-refractivity contribution in [1.82, 2.24) is 15.0 Å². The van der Waals surface area contributed by atoms with Crippen LogP contribution in [0.25, 0.3) is 0 Å². The SMILES string of the molecule is CCNc1cc(Oc2cncc(Cl)c2)nc(CC)n1. The second-order valence-electron chi connectivity index (χ2n) is 3.83. The molecule has 5 nitrogen and oxygen atoms in total. The van der Waals surface area contributed by atoms with E-state index in [0.717, 1.165) is 24.6 Å². The van der Waals surface area contributed by atoms with Gasteiger partial charge in [0.2, 0.25) is 5.88 Å². The first-order valence-electron chi connectivity index (χ1n) is 6.11. The fourth-order valence-corrected chi connectivity index (χ4v) is 1.69. The normalized spacial score (nSPS) is 10.3. The zero-order chi connectivity index (χ0) is 13.7. The highest BCUT2D eigenvalue weighted by Crippen LogP contribution is 2.23. The minimum absolute atomic E-state index is 0.479. The molecule has 0 aromatic carbocycles. The minimum atomic E-state index is 0.479. The number of nitrogens with zero attached hydrogens (tertiary/aromatic N) is 3. The molecule has 0 aliphatic carbocycles. The van der Waals surface area contributed by atoms with Gasteiger partial charge in [-0.2, -0.15) is 4.98 Å². The summed E-state index contributed by atoms with van der Waals surface area (Å²) in [5, 5.41) is 3.67. The van der Waals surface area contributed by atoms with Crippen LogP contribution in [0.4, 0.5) is 5.82 Å². The summed E-state index contributed by atoms with van der Waals surface area (Å²) in [6.45, 7) is 4.79. The molecule has 6 heteroatoms. The Kier molecular flexibility index (Phi) is 4.52. The molecule has 1 N–H and O–H groups in total. The molecule has 2 aromatic rings. The fourth-order valence-electron chi connectivity index (χ4n) is 1.52. The van der Waals surface area contributed by atoms with Gasteiger partial charge in [-0.3, -0.25) is 4.98 Å². The molecule has 0 aliphatic rings. The van der Waals surface area contributed by atoms with Crippen LogP contribution < -0.4 is 10.1 Å². The van der Waals surface area contributed by atoms with Crippen molar-refractivity contribution in [2.24, 2.45) is 0 Å². The molecule has 0 bridgehead atoms. The van der Waals surface area contributed by atoms with Crippen molar-refractivity contribution < 1.29 is 4.74 Å². The number of ether oxygens (including phenoxy) is 1. The van der Waals surface area contributed by atoms with Crippen molar-refractivity contribution in [3.8, 4) is 11.6 Å². The van der Waals surface area contributed by atoms with E-state index in [-0.39, 0.29) is 0 Å². The van der Waals surface area contributed by atoms with Gasteiger partial charge in [0.15, 0.2) is 0 Å². The number of hydrogen-bond donors (Lipinski definition) is 1. The summed E-state index contributed by atoms with van der Waals surface area (Å²) >= 11 is 5.86. The number of hydrogen-bond acceptors (Lipinski definition) is 5. The zero-order valence-corrected chi connectivity index (χ0v) is 11.6. The van der Waals surface area contributed by atoms with Crippen molar-refractivity contribution in [2.75, 3.05) is 11.9 Å². The van der Waals surface area contributed by atoms with Crippen molar-refractivity contribution in [3.05, 3.63) is 35.4 Å². The van der Waals surface area contributed by atoms with Crippen LogP contribution in [0.15, 0.2) is 24.5 Å². The molecule has 0 amide bonds. The minimum Gasteiger partial charge on any atom is -0.437 e. The third-order valence-corrected chi connectivity index (χ3v) is 2.53. The summed E-state index contributed by atoms with van der Waals surface area (Å²) in [4.78, 5) is 12.6. The molecule has 0 atom stereocenters. The summed E-state index contributed by atoms with van der Waals surface area (Å²) in [7, 11) is 0. The quantitative estimate of drug-likeness (QED) is 0.909. The molecule has 0 unspecified atom stereocenters. The van der Waals surface area contributed by atoms with Crippen LogP contribution in [-0.4, -0.2) is 21.5 Å². The molecule has 0 spiro atoms. The highest BCUT2D eigenvalue weighted by Gasteiger charge is 2.06. The van der Waals surface area contributed by atoms with Crippen molar-refractivity contribution in [3.63, 3.8) is 0 Å². The van der Waals surface area contributed by atoms with E-state index in [1.54, 1.807) is 24.5 Å². The summed E-state index contributed by atoms with van der Waals surface area (Å²) in [5.74, 6) is 2.50. The Balaban J connectivity index is 2.26. The fraction of sp³-hybridized carbons (Fsp3) is 0.308. The predicted octanol–water partition coefficient (Wildman–Crippen LogP) is 3.31.